The van der Waals surface area contributed by atoms with Gasteiger partial charge >= 0.3 is 12.1 Å². The molecular formula is C19H24N2O4. The molecule has 1 saturated heterocycles. The average molecular weight is 344 g/mol. The van der Waals surface area contributed by atoms with Crippen LogP contribution >= 0.6 is 0 Å². The minimum absolute atomic E-state index is 0.202. The van der Waals surface area contributed by atoms with E-state index in [0.717, 1.165) is 29.3 Å². The zero-order chi connectivity index (χ0) is 18.2. The van der Waals surface area contributed by atoms with Crippen molar-refractivity contribution in [3.05, 3.63) is 35.5 Å². The van der Waals surface area contributed by atoms with Crippen LogP contribution in [0.5, 0.6) is 0 Å². The number of rotatable bonds is 2. The van der Waals surface area contributed by atoms with E-state index in [1.807, 2.05) is 39.0 Å². The summed E-state index contributed by atoms with van der Waals surface area (Å²) in [7, 11) is 0. The number of para-hydroxylation sites is 1. The predicted octanol–water partition coefficient (Wildman–Crippen LogP) is 3.98. The second kappa shape index (κ2) is 6.43. The Labute approximate surface area is 146 Å². The molecule has 0 unspecified atom stereocenters. The van der Waals surface area contributed by atoms with Crippen molar-refractivity contribution < 1.29 is 19.4 Å². The summed E-state index contributed by atoms with van der Waals surface area (Å²) >= 11 is 0. The van der Waals surface area contributed by atoms with Crippen molar-refractivity contribution in [3.63, 3.8) is 0 Å². The number of fused-ring (bicyclic) bond motifs is 1. The molecule has 0 atom stereocenters. The van der Waals surface area contributed by atoms with E-state index in [9.17, 15) is 14.7 Å². The molecule has 1 aromatic heterocycles. The highest BCUT2D eigenvalue weighted by molar-refractivity contribution is 5.95. The lowest BCUT2D eigenvalue weighted by atomic mass is 9.88. The summed E-state index contributed by atoms with van der Waals surface area (Å²) in [6.07, 6.45) is 1.40. The van der Waals surface area contributed by atoms with Gasteiger partial charge in [-0.3, -0.25) is 0 Å². The quantitative estimate of drug-likeness (QED) is 0.863. The molecule has 1 aliphatic rings. The molecule has 0 radical (unpaired) electrons. The van der Waals surface area contributed by atoms with Crippen LogP contribution < -0.4 is 0 Å². The highest BCUT2D eigenvalue weighted by Gasteiger charge is 2.28. The van der Waals surface area contributed by atoms with Crippen molar-refractivity contribution in [3.8, 4) is 0 Å². The van der Waals surface area contributed by atoms with Crippen molar-refractivity contribution >= 4 is 23.0 Å². The van der Waals surface area contributed by atoms with Crippen LogP contribution in [-0.4, -0.2) is 45.7 Å². The van der Waals surface area contributed by atoms with Crippen molar-refractivity contribution in [1.82, 2.24) is 9.88 Å². The zero-order valence-corrected chi connectivity index (χ0v) is 14.8. The highest BCUT2D eigenvalue weighted by Crippen LogP contribution is 2.33. The fourth-order valence-corrected chi connectivity index (χ4v) is 3.33. The van der Waals surface area contributed by atoms with Gasteiger partial charge in [-0.2, -0.15) is 0 Å². The summed E-state index contributed by atoms with van der Waals surface area (Å²) < 4.78 is 5.43. The first kappa shape index (κ1) is 17.3. The number of piperidine rings is 1. The lowest BCUT2D eigenvalue weighted by Gasteiger charge is -2.33. The molecule has 0 saturated carbocycles. The molecule has 25 heavy (non-hydrogen) atoms. The van der Waals surface area contributed by atoms with Crippen LogP contribution in [0.25, 0.3) is 10.9 Å². The molecule has 0 bridgehead atoms. The Morgan fingerprint density at radius 2 is 1.92 bits per heavy atom. The number of aromatic nitrogens is 1. The van der Waals surface area contributed by atoms with Gasteiger partial charge in [0.1, 0.15) is 11.3 Å². The summed E-state index contributed by atoms with van der Waals surface area (Å²) in [6.45, 7) is 6.88. The van der Waals surface area contributed by atoms with E-state index < -0.39 is 11.6 Å². The molecule has 2 N–H and O–H groups in total. The first-order valence-corrected chi connectivity index (χ1v) is 8.57. The molecule has 1 aromatic carbocycles. The molecule has 6 nitrogen and oxygen atoms in total. The molecule has 0 aliphatic carbocycles. The number of ether oxygens (including phenoxy) is 1. The summed E-state index contributed by atoms with van der Waals surface area (Å²) in [4.78, 5) is 28.2. The maximum Gasteiger partial charge on any atom is 0.410 e. The van der Waals surface area contributed by atoms with Gasteiger partial charge < -0.3 is 19.7 Å². The number of carbonyl (C=O) groups is 2. The molecule has 134 valence electrons. The van der Waals surface area contributed by atoms with Gasteiger partial charge in [0.25, 0.3) is 0 Å². The standard InChI is InChI=1S/C19H24N2O4/c1-19(2,3)25-18(24)21-9-7-12(8-10-21)14-6-4-5-13-11-15(17(22)23)20-16(13)14/h4-6,11-12,20H,7-10H2,1-3H3,(H,22,23). The Morgan fingerprint density at radius 3 is 2.52 bits per heavy atom. The first-order valence-electron chi connectivity index (χ1n) is 8.57. The number of nitrogens with zero attached hydrogens (tertiary/aromatic N) is 1. The van der Waals surface area contributed by atoms with Crippen LogP contribution in [0.1, 0.15) is 55.6 Å². The minimum Gasteiger partial charge on any atom is -0.477 e. The molecule has 6 heteroatoms. The maximum absolute atomic E-state index is 12.2. The number of carboxylic acid groups (broad SMARTS) is 1. The molecule has 2 aromatic rings. The number of aromatic amines is 1. The summed E-state index contributed by atoms with van der Waals surface area (Å²) in [5.74, 6) is -0.662. The number of hydrogen-bond donors (Lipinski definition) is 2. The van der Waals surface area contributed by atoms with Gasteiger partial charge in [0.2, 0.25) is 0 Å². The Kier molecular flexibility index (Phi) is 4.45. The molecule has 0 spiro atoms. The van der Waals surface area contributed by atoms with E-state index in [4.69, 9.17) is 4.74 Å². The number of nitrogens with one attached hydrogen (secondary N) is 1. The van der Waals surface area contributed by atoms with E-state index in [1.165, 1.54) is 0 Å². The van der Waals surface area contributed by atoms with Crippen LogP contribution in [0.3, 0.4) is 0 Å². The van der Waals surface area contributed by atoms with Crippen LogP contribution in [0, 0.1) is 0 Å². The molecule has 3 rings (SSSR count). The van der Waals surface area contributed by atoms with Gasteiger partial charge in [-0.1, -0.05) is 18.2 Å². The fourth-order valence-electron chi connectivity index (χ4n) is 3.33. The van der Waals surface area contributed by atoms with Crippen LogP contribution in [0.15, 0.2) is 24.3 Å². The highest BCUT2D eigenvalue weighted by atomic mass is 16.6. The van der Waals surface area contributed by atoms with E-state index in [0.29, 0.717) is 19.0 Å². The third-order valence-electron chi connectivity index (χ3n) is 4.51. The van der Waals surface area contributed by atoms with Crippen molar-refractivity contribution in [2.75, 3.05) is 13.1 Å². The second-order valence-corrected chi connectivity index (χ2v) is 7.54. The van der Waals surface area contributed by atoms with Crippen molar-refractivity contribution in [2.24, 2.45) is 0 Å². The molecule has 1 aliphatic heterocycles. The third kappa shape index (κ3) is 3.78. The molecule has 2 heterocycles. The third-order valence-corrected chi connectivity index (χ3v) is 4.51. The lowest BCUT2D eigenvalue weighted by Crippen LogP contribution is -2.41. The number of H-pyrrole nitrogens is 1. The molecule has 1 amide bonds. The first-order chi connectivity index (χ1) is 11.7. The van der Waals surface area contributed by atoms with Crippen LogP contribution in [-0.2, 0) is 4.74 Å². The number of hydrogen-bond acceptors (Lipinski definition) is 3. The average Bonchev–Trinajstić information content (AvgIpc) is 2.98. The van der Waals surface area contributed by atoms with Gasteiger partial charge in [0.05, 0.1) is 0 Å². The van der Waals surface area contributed by atoms with E-state index in [1.54, 1.807) is 11.0 Å². The number of amides is 1. The summed E-state index contributed by atoms with van der Waals surface area (Å²) in [5, 5.41) is 10.1. The number of carbonyl (C=O) groups excluding carboxylic acids is 1. The lowest BCUT2D eigenvalue weighted by molar-refractivity contribution is 0.0205. The largest absolute Gasteiger partial charge is 0.477 e. The van der Waals surface area contributed by atoms with Gasteiger partial charge in [0, 0.05) is 24.0 Å². The van der Waals surface area contributed by atoms with E-state index in [-0.39, 0.29) is 11.8 Å². The van der Waals surface area contributed by atoms with Crippen LogP contribution in [0.2, 0.25) is 0 Å². The van der Waals surface area contributed by atoms with Crippen molar-refractivity contribution in [2.45, 2.75) is 45.1 Å². The fraction of sp³-hybridized carbons (Fsp3) is 0.474. The Balaban J connectivity index is 1.74. The smallest absolute Gasteiger partial charge is 0.410 e. The van der Waals surface area contributed by atoms with Gasteiger partial charge in [-0.05, 0) is 51.2 Å². The van der Waals surface area contributed by atoms with E-state index >= 15 is 0 Å². The van der Waals surface area contributed by atoms with Gasteiger partial charge in [-0.15, -0.1) is 0 Å². The number of carboxylic acids is 1. The molecular weight excluding hydrogens is 320 g/mol. The van der Waals surface area contributed by atoms with Crippen LogP contribution in [0.4, 0.5) is 4.79 Å². The van der Waals surface area contributed by atoms with Gasteiger partial charge in [0.15, 0.2) is 0 Å². The maximum atomic E-state index is 12.2. The minimum atomic E-state index is -0.957. The van der Waals surface area contributed by atoms with Gasteiger partial charge in [-0.25, -0.2) is 9.59 Å². The Hall–Kier alpha value is -2.50. The Morgan fingerprint density at radius 1 is 1.24 bits per heavy atom. The number of benzene rings is 1. The number of likely N-dealkylation sites (tertiary alicyclic amines) is 1. The zero-order valence-electron chi connectivity index (χ0n) is 14.8. The Bertz CT molecular complexity index is 795. The number of aromatic carboxylic acids is 1. The van der Waals surface area contributed by atoms with Crippen molar-refractivity contribution in [1.29, 1.82) is 0 Å². The topological polar surface area (TPSA) is 82.6 Å². The summed E-state index contributed by atoms with van der Waals surface area (Å²) in [6, 6.07) is 7.57. The molecule has 1 fully saturated rings. The second-order valence-electron chi connectivity index (χ2n) is 7.54. The predicted molar refractivity (Wildman–Crippen MR) is 95.0 cm³/mol. The normalized spacial score (nSPS) is 16.2. The summed E-state index contributed by atoms with van der Waals surface area (Å²) in [5.41, 5.74) is 1.72. The SMILES string of the molecule is CC(C)(C)OC(=O)N1CCC(c2cccc3cc(C(=O)O)[nH]c23)CC1. The monoisotopic (exact) mass is 344 g/mol. The van der Waals surface area contributed by atoms with E-state index in [2.05, 4.69) is 4.98 Å².